The monoisotopic (exact) mass is 243 g/mol. The minimum absolute atomic E-state index is 0.0223. The van der Waals surface area contributed by atoms with Gasteiger partial charge in [0.05, 0.1) is 16.6 Å². The van der Waals surface area contributed by atoms with Gasteiger partial charge in [-0.1, -0.05) is 0 Å². The Morgan fingerprint density at radius 3 is 2.83 bits per heavy atom. The van der Waals surface area contributed by atoms with E-state index in [1.54, 1.807) is 0 Å². The summed E-state index contributed by atoms with van der Waals surface area (Å²) in [6, 6.07) is 6.21. The average Bonchev–Trinajstić information content (AvgIpc) is 2.38. The van der Waals surface area contributed by atoms with Crippen molar-refractivity contribution in [3.63, 3.8) is 0 Å². The number of nitro groups is 1. The molecular formula is C13H13N3O2. The Balaban J connectivity index is 2.70. The molecule has 1 aromatic carbocycles. The Bertz CT molecular complexity index is 512. The number of nitrogens with zero attached hydrogens (tertiary/aromatic N) is 2. The van der Waals surface area contributed by atoms with Gasteiger partial charge in [-0.3, -0.25) is 10.1 Å². The van der Waals surface area contributed by atoms with Crippen molar-refractivity contribution in [2.75, 3.05) is 11.9 Å². The maximum Gasteiger partial charge on any atom is 0.292 e. The van der Waals surface area contributed by atoms with Crippen molar-refractivity contribution in [1.29, 1.82) is 5.26 Å². The minimum atomic E-state index is -0.467. The fraction of sp³-hybridized carbons (Fsp3) is 0.308. The molecule has 0 amide bonds. The summed E-state index contributed by atoms with van der Waals surface area (Å²) >= 11 is 0. The summed E-state index contributed by atoms with van der Waals surface area (Å²) in [5, 5.41) is 22.5. The highest BCUT2D eigenvalue weighted by Gasteiger charge is 2.13. The largest absolute Gasteiger partial charge is 0.379 e. The average molecular weight is 243 g/mol. The van der Waals surface area contributed by atoms with Gasteiger partial charge in [-0.2, -0.15) is 5.26 Å². The van der Waals surface area contributed by atoms with Crippen molar-refractivity contribution in [3.8, 4) is 18.4 Å². The maximum atomic E-state index is 10.8. The number of hydrogen-bond donors (Lipinski definition) is 1. The van der Waals surface area contributed by atoms with Gasteiger partial charge in [-0.15, -0.1) is 12.3 Å². The van der Waals surface area contributed by atoms with Crippen LogP contribution in [0.1, 0.15) is 24.8 Å². The second kappa shape index (κ2) is 6.93. The van der Waals surface area contributed by atoms with E-state index in [-0.39, 0.29) is 5.69 Å². The SMILES string of the molecule is C#CCCCCNc1cc(C#N)ccc1[N+](=O)[O-]. The zero-order valence-electron chi connectivity index (χ0n) is 9.85. The molecule has 0 aliphatic rings. The van der Waals surface area contributed by atoms with Gasteiger partial charge in [0, 0.05) is 19.0 Å². The van der Waals surface area contributed by atoms with E-state index in [0.717, 1.165) is 12.8 Å². The number of hydrogen-bond acceptors (Lipinski definition) is 4. The third-order valence-electron chi connectivity index (χ3n) is 2.39. The first kappa shape index (κ1) is 13.5. The van der Waals surface area contributed by atoms with Crippen molar-refractivity contribution in [1.82, 2.24) is 0 Å². The fourth-order valence-electron chi connectivity index (χ4n) is 1.48. The van der Waals surface area contributed by atoms with E-state index in [0.29, 0.717) is 24.2 Å². The van der Waals surface area contributed by atoms with Crippen LogP contribution < -0.4 is 5.32 Å². The van der Waals surface area contributed by atoms with Crippen LogP contribution in [0.25, 0.3) is 0 Å². The van der Waals surface area contributed by atoms with Gasteiger partial charge >= 0.3 is 0 Å². The Morgan fingerprint density at radius 2 is 2.22 bits per heavy atom. The molecule has 0 spiro atoms. The maximum absolute atomic E-state index is 10.8. The molecule has 0 aromatic heterocycles. The highest BCUT2D eigenvalue weighted by molar-refractivity contribution is 5.64. The number of benzene rings is 1. The molecule has 0 saturated heterocycles. The molecule has 0 heterocycles. The molecule has 92 valence electrons. The molecule has 0 fully saturated rings. The number of unbranched alkanes of at least 4 members (excludes halogenated alkanes) is 2. The van der Waals surface area contributed by atoms with Gasteiger partial charge in [0.1, 0.15) is 5.69 Å². The third-order valence-corrected chi connectivity index (χ3v) is 2.39. The standard InChI is InChI=1S/C13H13N3O2/c1-2-3-4-5-8-15-12-9-11(10-14)6-7-13(12)16(17)18/h1,6-7,9,15H,3-5,8H2. The number of nitriles is 1. The van der Waals surface area contributed by atoms with Gasteiger partial charge in [-0.05, 0) is 25.0 Å². The van der Waals surface area contributed by atoms with Crippen LogP contribution >= 0.6 is 0 Å². The van der Waals surface area contributed by atoms with Crippen LogP contribution in [-0.4, -0.2) is 11.5 Å². The molecule has 1 rings (SSSR count). The van der Waals surface area contributed by atoms with Gasteiger partial charge in [0.15, 0.2) is 0 Å². The molecular weight excluding hydrogens is 230 g/mol. The Hall–Kier alpha value is -2.53. The second-order valence-corrected chi connectivity index (χ2v) is 3.69. The topological polar surface area (TPSA) is 79.0 Å². The van der Waals surface area contributed by atoms with Crippen molar-refractivity contribution in [2.45, 2.75) is 19.3 Å². The summed E-state index contributed by atoms with van der Waals surface area (Å²) in [5.41, 5.74) is 0.748. The summed E-state index contributed by atoms with van der Waals surface area (Å²) in [7, 11) is 0. The molecule has 1 N–H and O–H groups in total. The first-order valence-corrected chi connectivity index (χ1v) is 5.55. The lowest BCUT2D eigenvalue weighted by Crippen LogP contribution is -2.04. The lowest BCUT2D eigenvalue weighted by atomic mass is 10.2. The summed E-state index contributed by atoms with van der Waals surface area (Å²) in [6.07, 6.45) is 7.53. The number of nitrogens with one attached hydrogen (secondary N) is 1. The summed E-state index contributed by atoms with van der Waals surface area (Å²) in [6.45, 7) is 0.595. The quantitative estimate of drug-likeness (QED) is 0.360. The van der Waals surface area contributed by atoms with Crippen molar-refractivity contribution >= 4 is 11.4 Å². The molecule has 0 atom stereocenters. The lowest BCUT2D eigenvalue weighted by Gasteiger charge is -2.06. The van der Waals surface area contributed by atoms with E-state index in [2.05, 4.69) is 11.2 Å². The van der Waals surface area contributed by atoms with Crippen LogP contribution in [0.15, 0.2) is 18.2 Å². The fourth-order valence-corrected chi connectivity index (χ4v) is 1.48. The highest BCUT2D eigenvalue weighted by Crippen LogP contribution is 2.25. The zero-order valence-corrected chi connectivity index (χ0v) is 9.85. The van der Waals surface area contributed by atoms with Crippen LogP contribution in [0.4, 0.5) is 11.4 Å². The van der Waals surface area contributed by atoms with E-state index in [9.17, 15) is 10.1 Å². The molecule has 5 nitrogen and oxygen atoms in total. The predicted molar refractivity (Wildman–Crippen MR) is 69.0 cm³/mol. The van der Waals surface area contributed by atoms with Crippen LogP contribution in [0.5, 0.6) is 0 Å². The van der Waals surface area contributed by atoms with Gasteiger partial charge in [0.2, 0.25) is 0 Å². The molecule has 0 saturated carbocycles. The molecule has 0 aliphatic heterocycles. The van der Waals surface area contributed by atoms with E-state index in [4.69, 9.17) is 11.7 Å². The summed E-state index contributed by atoms with van der Waals surface area (Å²) in [5.74, 6) is 2.54. The summed E-state index contributed by atoms with van der Waals surface area (Å²) in [4.78, 5) is 10.3. The number of rotatable bonds is 6. The minimum Gasteiger partial charge on any atom is -0.379 e. The van der Waals surface area contributed by atoms with E-state index in [1.807, 2.05) is 6.07 Å². The van der Waals surface area contributed by atoms with Crippen LogP contribution in [0.3, 0.4) is 0 Å². The number of anilines is 1. The molecule has 0 bridgehead atoms. The second-order valence-electron chi connectivity index (χ2n) is 3.69. The molecule has 0 aliphatic carbocycles. The van der Waals surface area contributed by atoms with E-state index >= 15 is 0 Å². The summed E-state index contributed by atoms with van der Waals surface area (Å²) < 4.78 is 0. The van der Waals surface area contributed by atoms with Crippen LogP contribution in [-0.2, 0) is 0 Å². The van der Waals surface area contributed by atoms with Gasteiger partial charge in [0.25, 0.3) is 5.69 Å². The van der Waals surface area contributed by atoms with Crippen molar-refractivity contribution < 1.29 is 4.92 Å². The lowest BCUT2D eigenvalue weighted by molar-refractivity contribution is -0.384. The third kappa shape index (κ3) is 3.80. The van der Waals surface area contributed by atoms with Crippen molar-refractivity contribution in [3.05, 3.63) is 33.9 Å². The molecule has 0 unspecified atom stereocenters. The van der Waals surface area contributed by atoms with E-state index in [1.165, 1.54) is 18.2 Å². The molecule has 18 heavy (non-hydrogen) atoms. The Labute approximate surface area is 106 Å². The normalized spacial score (nSPS) is 9.22. The Kier molecular flexibility index (Phi) is 5.21. The van der Waals surface area contributed by atoms with Crippen molar-refractivity contribution in [2.24, 2.45) is 0 Å². The van der Waals surface area contributed by atoms with E-state index < -0.39 is 4.92 Å². The van der Waals surface area contributed by atoms with Gasteiger partial charge in [-0.25, -0.2) is 0 Å². The predicted octanol–water partition coefficient (Wildman–Crippen LogP) is 2.68. The number of terminal acetylenes is 1. The van der Waals surface area contributed by atoms with Gasteiger partial charge < -0.3 is 5.32 Å². The molecule has 5 heteroatoms. The first-order valence-electron chi connectivity index (χ1n) is 5.55. The molecule has 1 aromatic rings. The zero-order chi connectivity index (χ0) is 13.4. The Morgan fingerprint density at radius 1 is 1.44 bits per heavy atom. The van der Waals surface area contributed by atoms with Crippen LogP contribution in [0.2, 0.25) is 0 Å². The number of nitro benzene ring substituents is 1. The van der Waals surface area contributed by atoms with Crippen LogP contribution in [0, 0.1) is 33.8 Å². The first-order chi connectivity index (χ1) is 8.69. The smallest absolute Gasteiger partial charge is 0.292 e. The highest BCUT2D eigenvalue weighted by atomic mass is 16.6. The molecule has 0 radical (unpaired) electrons.